The molecule has 4 N–H and O–H groups in total. The molecule has 0 radical (unpaired) electrons. The number of nitriles is 1. The van der Waals surface area contributed by atoms with Crippen molar-refractivity contribution < 1.29 is 0 Å². The zero-order chi connectivity index (χ0) is 16.6. The number of anilines is 1. The Morgan fingerprint density at radius 1 is 1.26 bits per heavy atom. The molecule has 1 heterocycles. The van der Waals surface area contributed by atoms with Crippen LogP contribution in [0.1, 0.15) is 43.2 Å². The molecule has 0 aromatic heterocycles. The topological polar surface area (TPSA) is 104 Å². The quantitative estimate of drug-likeness (QED) is 0.825. The van der Waals surface area contributed by atoms with Crippen molar-refractivity contribution in [3.8, 4) is 6.07 Å². The molecule has 7 heteroatoms. The lowest BCUT2D eigenvalue weighted by atomic mass is 9.87. The molecule has 0 bridgehead atoms. The number of benzene rings is 1. The van der Waals surface area contributed by atoms with E-state index in [-0.39, 0.29) is 11.9 Å². The fourth-order valence-corrected chi connectivity index (χ4v) is 3.57. The van der Waals surface area contributed by atoms with Crippen LogP contribution in [0.15, 0.2) is 22.1 Å². The van der Waals surface area contributed by atoms with Crippen molar-refractivity contribution in [3.05, 3.63) is 28.3 Å². The molecule has 0 amide bonds. The molecule has 3 rings (SSSR count). The number of hydrogen-bond donors (Lipinski definition) is 2. The Morgan fingerprint density at radius 3 is 2.61 bits per heavy atom. The van der Waals surface area contributed by atoms with E-state index in [0.717, 1.165) is 37.7 Å². The first-order valence-corrected chi connectivity index (χ1v) is 8.04. The van der Waals surface area contributed by atoms with Gasteiger partial charge in [-0.1, -0.05) is 18.0 Å². The van der Waals surface area contributed by atoms with Gasteiger partial charge < -0.3 is 11.5 Å². The molecule has 23 heavy (non-hydrogen) atoms. The van der Waals surface area contributed by atoms with Gasteiger partial charge in [-0.3, -0.25) is 4.90 Å². The standard InChI is InChI=1S/C16H19ClN6/c1-10-7-11(9-18)13(8-12(10)17)23-15(20)21-14(19)22-16(23)5-3-2-4-6-16/h7-8H,2-6H2,1H3,(H4,19,20,21,22). The van der Waals surface area contributed by atoms with E-state index in [4.69, 9.17) is 23.1 Å². The summed E-state index contributed by atoms with van der Waals surface area (Å²) in [6.45, 7) is 1.87. The predicted octanol–water partition coefficient (Wildman–Crippen LogP) is 2.63. The summed E-state index contributed by atoms with van der Waals surface area (Å²) in [5.74, 6) is 0.452. The van der Waals surface area contributed by atoms with Crippen molar-refractivity contribution in [3.63, 3.8) is 0 Å². The van der Waals surface area contributed by atoms with Crippen molar-refractivity contribution in [2.24, 2.45) is 21.5 Å². The Bertz CT molecular complexity index is 740. The van der Waals surface area contributed by atoms with E-state index in [1.54, 1.807) is 12.1 Å². The maximum absolute atomic E-state index is 9.53. The first-order valence-electron chi connectivity index (χ1n) is 7.67. The summed E-state index contributed by atoms with van der Waals surface area (Å²) in [4.78, 5) is 10.6. The summed E-state index contributed by atoms with van der Waals surface area (Å²) < 4.78 is 0. The maximum Gasteiger partial charge on any atom is 0.220 e. The van der Waals surface area contributed by atoms with Crippen LogP contribution in [0.4, 0.5) is 5.69 Å². The second kappa shape index (κ2) is 5.74. The van der Waals surface area contributed by atoms with Gasteiger partial charge in [0.05, 0.1) is 11.3 Å². The Kier molecular flexibility index (Phi) is 3.90. The fourth-order valence-electron chi connectivity index (χ4n) is 3.42. The number of aryl methyl sites for hydroxylation is 1. The highest BCUT2D eigenvalue weighted by Crippen LogP contribution is 2.41. The second-order valence-electron chi connectivity index (χ2n) is 6.05. The van der Waals surface area contributed by atoms with E-state index in [2.05, 4.69) is 16.1 Å². The van der Waals surface area contributed by atoms with E-state index in [1.165, 1.54) is 0 Å². The van der Waals surface area contributed by atoms with Gasteiger partial charge in [0.1, 0.15) is 11.7 Å². The third kappa shape index (κ3) is 2.62. The molecular weight excluding hydrogens is 312 g/mol. The van der Waals surface area contributed by atoms with Crippen molar-refractivity contribution >= 4 is 29.2 Å². The Labute approximate surface area is 140 Å². The van der Waals surface area contributed by atoms with Crippen LogP contribution in [0.5, 0.6) is 0 Å². The van der Waals surface area contributed by atoms with Crippen molar-refractivity contribution in [2.45, 2.75) is 44.7 Å². The number of guanidine groups is 2. The molecule has 1 aliphatic heterocycles. The van der Waals surface area contributed by atoms with Crippen molar-refractivity contribution in [1.82, 2.24) is 0 Å². The van der Waals surface area contributed by atoms with Crippen LogP contribution in [0.3, 0.4) is 0 Å². The molecule has 6 nitrogen and oxygen atoms in total. The number of nitrogens with two attached hydrogens (primary N) is 2. The Morgan fingerprint density at radius 2 is 1.96 bits per heavy atom. The monoisotopic (exact) mass is 330 g/mol. The summed E-state index contributed by atoms with van der Waals surface area (Å²) in [7, 11) is 0. The predicted molar refractivity (Wildman–Crippen MR) is 92.4 cm³/mol. The molecule has 1 saturated carbocycles. The number of aliphatic imine (C=N–C) groups is 2. The molecule has 120 valence electrons. The third-order valence-electron chi connectivity index (χ3n) is 4.49. The van der Waals surface area contributed by atoms with E-state index in [1.807, 2.05) is 11.8 Å². The Hall–Kier alpha value is -2.26. The highest BCUT2D eigenvalue weighted by atomic mass is 35.5. The molecule has 0 saturated heterocycles. The third-order valence-corrected chi connectivity index (χ3v) is 4.90. The highest BCUT2D eigenvalue weighted by molar-refractivity contribution is 6.31. The summed E-state index contributed by atoms with van der Waals surface area (Å²) in [5.41, 5.74) is 13.5. The Balaban J connectivity index is 2.18. The molecule has 1 fully saturated rings. The van der Waals surface area contributed by atoms with Crippen LogP contribution >= 0.6 is 11.6 Å². The lowest BCUT2D eigenvalue weighted by Crippen LogP contribution is -2.58. The van der Waals surface area contributed by atoms with Crippen LogP contribution in [-0.4, -0.2) is 17.6 Å². The number of hydrogen-bond acceptors (Lipinski definition) is 6. The van der Waals surface area contributed by atoms with Crippen LogP contribution in [-0.2, 0) is 0 Å². The van der Waals surface area contributed by atoms with E-state index < -0.39 is 5.66 Å². The lowest BCUT2D eigenvalue weighted by molar-refractivity contribution is 0.305. The van der Waals surface area contributed by atoms with E-state index in [9.17, 15) is 5.26 Å². The fraction of sp³-hybridized carbons (Fsp3) is 0.438. The van der Waals surface area contributed by atoms with E-state index >= 15 is 0 Å². The largest absolute Gasteiger partial charge is 0.369 e. The first-order chi connectivity index (χ1) is 11.0. The minimum atomic E-state index is -0.571. The normalized spacial score (nSPS) is 20.0. The van der Waals surface area contributed by atoms with Crippen LogP contribution in [0, 0.1) is 18.3 Å². The lowest BCUT2D eigenvalue weighted by Gasteiger charge is -2.45. The maximum atomic E-state index is 9.53. The zero-order valence-electron chi connectivity index (χ0n) is 13.0. The molecule has 1 aromatic carbocycles. The van der Waals surface area contributed by atoms with Gasteiger partial charge in [-0.2, -0.15) is 10.3 Å². The molecule has 0 atom stereocenters. The average Bonchev–Trinajstić information content (AvgIpc) is 2.50. The molecule has 1 aliphatic carbocycles. The van der Waals surface area contributed by atoms with Gasteiger partial charge in [-0.05, 0) is 50.3 Å². The smallest absolute Gasteiger partial charge is 0.220 e. The van der Waals surface area contributed by atoms with Crippen LogP contribution < -0.4 is 16.4 Å². The summed E-state index contributed by atoms with van der Waals surface area (Å²) in [5, 5.41) is 10.1. The summed E-state index contributed by atoms with van der Waals surface area (Å²) in [6, 6.07) is 5.76. The van der Waals surface area contributed by atoms with Gasteiger partial charge in [0.2, 0.25) is 11.9 Å². The highest BCUT2D eigenvalue weighted by Gasteiger charge is 2.43. The van der Waals surface area contributed by atoms with Gasteiger partial charge >= 0.3 is 0 Å². The summed E-state index contributed by atoms with van der Waals surface area (Å²) in [6.07, 6.45) is 4.85. The van der Waals surface area contributed by atoms with Gasteiger partial charge in [-0.25, -0.2) is 4.99 Å². The number of nitrogens with zero attached hydrogens (tertiary/aromatic N) is 4. The van der Waals surface area contributed by atoms with Crippen LogP contribution in [0.25, 0.3) is 0 Å². The SMILES string of the molecule is Cc1cc(C#N)c(N2C(N)=NC(N)=NC23CCCCC3)cc1Cl. The number of rotatable bonds is 1. The van der Waals surface area contributed by atoms with Gasteiger partial charge in [0, 0.05) is 5.02 Å². The van der Waals surface area contributed by atoms with Crippen molar-refractivity contribution in [2.75, 3.05) is 4.90 Å². The molecule has 1 aromatic rings. The minimum absolute atomic E-state index is 0.192. The van der Waals surface area contributed by atoms with Gasteiger partial charge in [0.25, 0.3) is 0 Å². The number of halogens is 1. The zero-order valence-corrected chi connectivity index (χ0v) is 13.8. The van der Waals surface area contributed by atoms with E-state index in [0.29, 0.717) is 16.3 Å². The van der Waals surface area contributed by atoms with Gasteiger partial charge in [-0.15, -0.1) is 0 Å². The van der Waals surface area contributed by atoms with Crippen molar-refractivity contribution in [1.29, 1.82) is 5.26 Å². The molecular formula is C16H19ClN6. The average molecular weight is 331 g/mol. The molecule has 2 aliphatic rings. The minimum Gasteiger partial charge on any atom is -0.369 e. The van der Waals surface area contributed by atoms with Gasteiger partial charge in [0.15, 0.2) is 0 Å². The molecule has 1 spiro atoms. The van der Waals surface area contributed by atoms with Crippen LogP contribution in [0.2, 0.25) is 5.02 Å². The summed E-state index contributed by atoms with van der Waals surface area (Å²) >= 11 is 6.29. The molecule has 0 unspecified atom stereocenters. The first kappa shape index (κ1) is 15.6. The second-order valence-corrected chi connectivity index (χ2v) is 6.46.